The minimum Gasteiger partial charge on any atom is -0.497 e. The topological polar surface area (TPSA) is 90.7 Å². The molecule has 0 heterocycles. The van der Waals surface area contributed by atoms with Gasteiger partial charge in [-0.25, -0.2) is 0 Å². The molecule has 0 aliphatic carbocycles. The maximum atomic E-state index is 12.0. The predicted octanol–water partition coefficient (Wildman–Crippen LogP) is 2.76. The molecule has 0 aliphatic rings. The quantitative estimate of drug-likeness (QED) is 0.772. The fraction of sp³-hybridized carbons (Fsp3) is 0.263. The number of rotatable bonds is 8. The number of carbonyl (C=O) groups excluding carboxylic acids is 2. The van der Waals surface area contributed by atoms with Crippen LogP contribution in [0.1, 0.15) is 29.3 Å². The normalized spacial score (nSPS) is 10.2. The Bertz CT molecular complexity index is 742. The lowest BCUT2D eigenvalue weighted by Gasteiger charge is -2.11. The summed E-state index contributed by atoms with van der Waals surface area (Å²) in [6.07, 6.45) is 2.07. The van der Waals surface area contributed by atoms with Gasteiger partial charge in [-0.2, -0.15) is 0 Å². The van der Waals surface area contributed by atoms with Crippen molar-refractivity contribution < 1.29 is 19.1 Å². The highest BCUT2D eigenvalue weighted by Crippen LogP contribution is 2.24. The van der Waals surface area contributed by atoms with Gasteiger partial charge in [-0.1, -0.05) is 25.5 Å². The minimum atomic E-state index is -0.635. The summed E-state index contributed by atoms with van der Waals surface area (Å²) in [6.45, 7) is 1.87. The van der Waals surface area contributed by atoms with Crippen LogP contribution >= 0.6 is 0 Å². The average Bonchev–Trinajstić information content (AvgIpc) is 2.61. The van der Waals surface area contributed by atoms with Gasteiger partial charge in [-0.3, -0.25) is 9.59 Å². The number of ether oxygens (including phenoxy) is 2. The zero-order chi connectivity index (χ0) is 18.2. The number of methoxy groups -OCH3 is 1. The summed E-state index contributed by atoms with van der Waals surface area (Å²) in [4.78, 5) is 23.5. The second kappa shape index (κ2) is 8.73. The first-order chi connectivity index (χ1) is 12.0. The fourth-order valence-electron chi connectivity index (χ4n) is 2.34. The van der Waals surface area contributed by atoms with Gasteiger partial charge in [0.2, 0.25) is 0 Å². The summed E-state index contributed by atoms with van der Waals surface area (Å²) < 4.78 is 10.5. The van der Waals surface area contributed by atoms with Crippen molar-refractivity contribution in [1.82, 2.24) is 0 Å². The van der Waals surface area contributed by atoms with E-state index in [1.807, 2.05) is 24.3 Å². The third-order valence-electron chi connectivity index (χ3n) is 3.59. The van der Waals surface area contributed by atoms with E-state index in [4.69, 9.17) is 15.2 Å². The molecule has 6 heteroatoms. The molecular formula is C19H22N2O4. The van der Waals surface area contributed by atoms with Crippen molar-refractivity contribution in [2.45, 2.75) is 19.8 Å². The lowest BCUT2D eigenvalue weighted by Crippen LogP contribution is -2.21. The minimum absolute atomic E-state index is 0.192. The molecule has 3 N–H and O–H groups in total. The Labute approximate surface area is 146 Å². The van der Waals surface area contributed by atoms with Gasteiger partial charge in [-0.05, 0) is 36.2 Å². The van der Waals surface area contributed by atoms with Gasteiger partial charge in [-0.15, -0.1) is 0 Å². The highest BCUT2D eigenvalue weighted by atomic mass is 16.5. The largest absolute Gasteiger partial charge is 0.497 e. The SMILES string of the molecule is CCCc1ccc(NC(=O)COc2cc(OC)ccc2C(N)=O)cc1. The molecule has 0 saturated heterocycles. The third kappa shape index (κ3) is 5.24. The van der Waals surface area contributed by atoms with Crippen LogP contribution in [0.5, 0.6) is 11.5 Å². The second-order valence-corrected chi connectivity index (χ2v) is 5.51. The van der Waals surface area contributed by atoms with Crippen molar-refractivity contribution in [1.29, 1.82) is 0 Å². The number of hydrogen-bond acceptors (Lipinski definition) is 4. The van der Waals surface area contributed by atoms with E-state index in [0.717, 1.165) is 12.8 Å². The number of nitrogens with one attached hydrogen (secondary N) is 1. The molecule has 0 bridgehead atoms. The van der Waals surface area contributed by atoms with E-state index in [-0.39, 0.29) is 23.8 Å². The van der Waals surface area contributed by atoms with Gasteiger partial charge in [0, 0.05) is 11.8 Å². The van der Waals surface area contributed by atoms with E-state index in [0.29, 0.717) is 11.4 Å². The predicted molar refractivity (Wildman–Crippen MR) is 96.1 cm³/mol. The fourth-order valence-corrected chi connectivity index (χ4v) is 2.34. The summed E-state index contributed by atoms with van der Waals surface area (Å²) in [6, 6.07) is 12.3. The lowest BCUT2D eigenvalue weighted by molar-refractivity contribution is -0.118. The number of hydrogen-bond donors (Lipinski definition) is 2. The van der Waals surface area contributed by atoms with Crippen LogP contribution in [0.4, 0.5) is 5.69 Å². The number of primary amides is 1. The summed E-state index contributed by atoms with van der Waals surface area (Å²) in [5.41, 5.74) is 7.42. The van der Waals surface area contributed by atoms with Gasteiger partial charge in [0.25, 0.3) is 11.8 Å². The molecule has 132 valence electrons. The Balaban J connectivity index is 1.98. The van der Waals surface area contributed by atoms with Gasteiger partial charge >= 0.3 is 0 Å². The standard InChI is InChI=1S/C19H22N2O4/c1-3-4-13-5-7-14(8-6-13)21-18(22)12-25-17-11-15(24-2)9-10-16(17)19(20)23/h5-11H,3-4,12H2,1-2H3,(H2,20,23)(H,21,22). The summed E-state index contributed by atoms with van der Waals surface area (Å²) >= 11 is 0. The van der Waals surface area contributed by atoms with Crippen molar-refractivity contribution in [3.8, 4) is 11.5 Å². The van der Waals surface area contributed by atoms with Crippen LogP contribution in [-0.2, 0) is 11.2 Å². The molecule has 0 saturated carbocycles. The van der Waals surface area contributed by atoms with Gasteiger partial charge < -0.3 is 20.5 Å². The molecule has 2 aromatic rings. The highest BCUT2D eigenvalue weighted by molar-refractivity contribution is 5.96. The maximum absolute atomic E-state index is 12.0. The van der Waals surface area contributed by atoms with Crippen LogP contribution in [0.15, 0.2) is 42.5 Å². The van der Waals surface area contributed by atoms with Crippen LogP contribution in [0.2, 0.25) is 0 Å². The van der Waals surface area contributed by atoms with Gasteiger partial charge in [0.05, 0.1) is 12.7 Å². The van der Waals surface area contributed by atoms with E-state index < -0.39 is 5.91 Å². The number of amides is 2. The molecular weight excluding hydrogens is 320 g/mol. The van der Waals surface area contributed by atoms with Crippen molar-refractivity contribution >= 4 is 17.5 Å². The highest BCUT2D eigenvalue weighted by Gasteiger charge is 2.12. The third-order valence-corrected chi connectivity index (χ3v) is 3.59. The van der Waals surface area contributed by atoms with Crippen molar-refractivity contribution in [2.24, 2.45) is 5.73 Å². The zero-order valence-electron chi connectivity index (χ0n) is 14.4. The molecule has 2 amide bonds. The lowest BCUT2D eigenvalue weighted by atomic mass is 10.1. The molecule has 25 heavy (non-hydrogen) atoms. The second-order valence-electron chi connectivity index (χ2n) is 5.51. The number of nitrogens with two attached hydrogens (primary N) is 1. The van der Waals surface area contributed by atoms with Crippen molar-refractivity contribution in [3.05, 3.63) is 53.6 Å². The van der Waals surface area contributed by atoms with Crippen LogP contribution in [0.25, 0.3) is 0 Å². The molecule has 2 aromatic carbocycles. The molecule has 6 nitrogen and oxygen atoms in total. The smallest absolute Gasteiger partial charge is 0.262 e. The molecule has 0 fully saturated rings. The molecule has 0 spiro atoms. The van der Waals surface area contributed by atoms with E-state index in [1.165, 1.54) is 24.8 Å². The number of anilines is 1. The zero-order valence-corrected chi connectivity index (χ0v) is 14.4. The molecule has 0 unspecified atom stereocenters. The van der Waals surface area contributed by atoms with Crippen molar-refractivity contribution in [2.75, 3.05) is 19.0 Å². The Morgan fingerprint density at radius 3 is 2.44 bits per heavy atom. The maximum Gasteiger partial charge on any atom is 0.262 e. The van der Waals surface area contributed by atoms with Crippen LogP contribution in [-0.4, -0.2) is 25.5 Å². The van der Waals surface area contributed by atoms with E-state index in [1.54, 1.807) is 6.07 Å². The summed E-state index contributed by atoms with van der Waals surface area (Å²) in [7, 11) is 1.50. The number of carbonyl (C=O) groups is 2. The average molecular weight is 342 g/mol. The Morgan fingerprint density at radius 1 is 1.12 bits per heavy atom. The van der Waals surface area contributed by atoms with Crippen LogP contribution < -0.4 is 20.5 Å². The molecule has 0 atom stereocenters. The summed E-state index contributed by atoms with van der Waals surface area (Å²) in [5, 5.41) is 2.75. The first-order valence-corrected chi connectivity index (χ1v) is 8.03. The Kier molecular flexibility index (Phi) is 6.39. The molecule has 2 rings (SSSR count). The Morgan fingerprint density at radius 2 is 1.84 bits per heavy atom. The Hall–Kier alpha value is -3.02. The van der Waals surface area contributed by atoms with Gasteiger partial charge in [0.1, 0.15) is 11.5 Å². The number of aryl methyl sites for hydroxylation is 1. The van der Waals surface area contributed by atoms with E-state index in [9.17, 15) is 9.59 Å². The molecule has 0 aliphatic heterocycles. The van der Waals surface area contributed by atoms with Crippen LogP contribution in [0, 0.1) is 0 Å². The molecule has 0 radical (unpaired) electrons. The number of benzene rings is 2. The molecule has 0 aromatic heterocycles. The van der Waals surface area contributed by atoms with E-state index in [2.05, 4.69) is 12.2 Å². The monoisotopic (exact) mass is 342 g/mol. The van der Waals surface area contributed by atoms with Crippen molar-refractivity contribution in [3.63, 3.8) is 0 Å². The first kappa shape index (κ1) is 18.3. The van der Waals surface area contributed by atoms with E-state index >= 15 is 0 Å². The van der Waals surface area contributed by atoms with Gasteiger partial charge in [0.15, 0.2) is 6.61 Å². The van der Waals surface area contributed by atoms with Crippen LogP contribution in [0.3, 0.4) is 0 Å². The summed E-state index contributed by atoms with van der Waals surface area (Å²) in [5.74, 6) is -0.252. The first-order valence-electron chi connectivity index (χ1n) is 8.03.